The predicted molar refractivity (Wildman–Crippen MR) is 113 cm³/mol. The molecule has 7 nitrogen and oxygen atoms in total. The Morgan fingerprint density at radius 1 is 1.36 bits per heavy atom. The van der Waals surface area contributed by atoms with E-state index in [-0.39, 0.29) is 41.8 Å². The van der Waals surface area contributed by atoms with E-state index in [4.69, 9.17) is 10.5 Å². The number of piperidine rings is 1. The number of aliphatic imine (C=N–C) groups is 1. The standard InChI is InChI=1S/C17H35N5O2.HI/c1-4-19-17(21-14(2)13-24-3)20-9-5-6-10-22-11-7-15(8-12-22)16(18)23;/h14-15H,4-13H2,1-3H3,(H2,18,23)(H2,19,20,21);1H. The lowest BCUT2D eigenvalue weighted by Crippen LogP contribution is -2.44. The molecular weight excluding hydrogens is 433 g/mol. The molecule has 1 aliphatic heterocycles. The van der Waals surface area contributed by atoms with Gasteiger partial charge in [-0.3, -0.25) is 9.79 Å². The van der Waals surface area contributed by atoms with Gasteiger partial charge in [-0.2, -0.15) is 0 Å². The molecule has 0 aromatic carbocycles. The number of hydrogen-bond donors (Lipinski definition) is 3. The van der Waals surface area contributed by atoms with Crippen molar-refractivity contribution in [1.82, 2.24) is 15.5 Å². The van der Waals surface area contributed by atoms with Crippen molar-refractivity contribution in [2.45, 2.75) is 45.6 Å². The largest absolute Gasteiger partial charge is 0.383 e. The summed E-state index contributed by atoms with van der Waals surface area (Å²) in [6.45, 7) is 9.50. The fourth-order valence-electron chi connectivity index (χ4n) is 2.92. The van der Waals surface area contributed by atoms with Gasteiger partial charge >= 0.3 is 0 Å². The highest BCUT2D eigenvalue weighted by molar-refractivity contribution is 14.0. The summed E-state index contributed by atoms with van der Waals surface area (Å²) < 4.78 is 5.14. The van der Waals surface area contributed by atoms with Crippen LogP contribution in [0.4, 0.5) is 0 Å². The van der Waals surface area contributed by atoms with E-state index in [9.17, 15) is 4.79 Å². The lowest BCUT2D eigenvalue weighted by atomic mass is 9.96. The van der Waals surface area contributed by atoms with Crippen molar-refractivity contribution >= 4 is 35.8 Å². The fourth-order valence-corrected chi connectivity index (χ4v) is 2.92. The first kappa shape index (κ1) is 24.4. The molecule has 0 aliphatic carbocycles. The quantitative estimate of drug-likeness (QED) is 0.193. The lowest BCUT2D eigenvalue weighted by molar-refractivity contribution is -0.123. The van der Waals surface area contributed by atoms with Crippen LogP contribution in [0, 0.1) is 5.92 Å². The van der Waals surface area contributed by atoms with Gasteiger partial charge in [-0.1, -0.05) is 0 Å². The number of carbonyl (C=O) groups excluding carboxylic acids is 1. The molecule has 1 atom stereocenters. The molecule has 0 radical (unpaired) electrons. The van der Waals surface area contributed by atoms with Gasteiger partial charge in [-0.25, -0.2) is 0 Å². The van der Waals surface area contributed by atoms with Crippen LogP contribution >= 0.6 is 24.0 Å². The van der Waals surface area contributed by atoms with Crippen molar-refractivity contribution in [2.24, 2.45) is 16.6 Å². The van der Waals surface area contributed by atoms with Crippen molar-refractivity contribution in [2.75, 3.05) is 46.4 Å². The van der Waals surface area contributed by atoms with E-state index in [1.165, 1.54) is 0 Å². The number of nitrogens with two attached hydrogens (primary N) is 1. The van der Waals surface area contributed by atoms with E-state index in [1.807, 2.05) is 0 Å². The molecule has 0 saturated carbocycles. The normalized spacial score (nSPS) is 17.6. The number of hydrogen-bond acceptors (Lipinski definition) is 4. The molecule has 8 heteroatoms. The third-order valence-electron chi connectivity index (χ3n) is 4.29. The van der Waals surface area contributed by atoms with Gasteiger partial charge in [0.2, 0.25) is 5.91 Å². The highest BCUT2D eigenvalue weighted by Gasteiger charge is 2.22. The number of carbonyl (C=O) groups is 1. The Morgan fingerprint density at radius 2 is 2.04 bits per heavy atom. The highest BCUT2D eigenvalue weighted by Crippen LogP contribution is 2.16. The molecule has 0 aromatic rings. The Hall–Kier alpha value is -0.610. The maximum Gasteiger partial charge on any atom is 0.220 e. The van der Waals surface area contributed by atoms with Crippen molar-refractivity contribution < 1.29 is 9.53 Å². The maximum absolute atomic E-state index is 11.2. The van der Waals surface area contributed by atoms with E-state index >= 15 is 0 Å². The van der Waals surface area contributed by atoms with E-state index in [1.54, 1.807) is 7.11 Å². The van der Waals surface area contributed by atoms with E-state index in [0.29, 0.717) is 6.61 Å². The fraction of sp³-hybridized carbons (Fsp3) is 0.882. The molecule has 1 aliphatic rings. The molecule has 1 fully saturated rings. The lowest BCUT2D eigenvalue weighted by Gasteiger charge is -2.30. The molecule has 1 saturated heterocycles. The third kappa shape index (κ3) is 10.9. The number of rotatable bonds is 10. The number of halogens is 1. The molecule has 1 unspecified atom stereocenters. The monoisotopic (exact) mass is 469 g/mol. The summed E-state index contributed by atoms with van der Waals surface area (Å²) in [5.74, 6) is 0.785. The minimum atomic E-state index is -0.143. The van der Waals surface area contributed by atoms with E-state index < -0.39 is 0 Å². The highest BCUT2D eigenvalue weighted by atomic mass is 127. The van der Waals surface area contributed by atoms with Gasteiger partial charge < -0.3 is 26.0 Å². The van der Waals surface area contributed by atoms with Crippen LogP contribution in [0.2, 0.25) is 0 Å². The van der Waals surface area contributed by atoms with Crippen LogP contribution in [-0.2, 0) is 9.53 Å². The Bertz CT molecular complexity index is 387. The van der Waals surface area contributed by atoms with Gasteiger partial charge in [-0.05, 0) is 59.2 Å². The van der Waals surface area contributed by atoms with Crippen LogP contribution in [0.1, 0.15) is 39.5 Å². The number of likely N-dealkylation sites (tertiary alicyclic amines) is 1. The van der Waals surface area contributed by atoms with Gasteiger partial charge in [0, 0.05) is 32.2 Å². The second kappa shape index (κ2) is 14.5. The molecule has 0 aromatic heterocycles. The van der Waals surface area contributed by atoms with Crippen LogP contribution in [0.3, 0.4) is 0 Å². The summed E-state index contributed by atoms with van der Waals surface area (Å²) >= 11 is 0. The van der Waals surface area contributed by atoms with Gasteiger partial charge in [0.15, 0.2) is 5.96 Å². The topological polar surface area (TPSA) is 92.0 Å². The summed E-state index contributed by atoms with van der Waals surface area (Å²) in [6.07, 6.45) is 3.99. The summed E-state index contributed by atoms with van der Waals surface area (Å²) in [7, 11) is 1.70. The molecule has 4 N–H and O–H groups in total. The van der Waals surface area contributed by atoms with Crippen molar-refractivity contribution in [3.05, 3.63) is 0 Å². The van der Waals surface area contributed by atoms with Crippen LogP contribution in [-0.4, -0.2) is 69.2 Å². The first-order valence-corrected chi connectivity index (χ1v) is 9.12. The summed E-state index contributed by atoms with van der Waals surface area (Å²) in [6, 6.07) is 0.236. The van der Waals surface area contributed by atoms with Crippen LogP contribution in [0.15, 0.2) is 4.99 Å². The second-order valence-corrected chi connectivity index (χ2v) is 6.49. The Kier molecular flexibility index (Phi) is 14.2. The number of primary amides is 1. The summed E-state index contributed by atoms with van der Waals surface area (Å²) in [4.78, 5) is 18.2. The number of nitrogens with zero attached hydrogens (tertiary/aromatic N) is 2. The Labute approximate surface area is 169 Å². The minimum absolute atomic E-state index is 0. The predicted octanol–water partition coefficient (Wildman–Crippen LogP) is 1.17. The number of unbranched alkanes of at least 4 members (excludes halogenated alkanes) is 1. The van der Waals surface area contributed by atoms with Gasteiger partial charge in [0.25, 0.3) is 0 Å². The molecule has 1 amide bonds. The van der Waals surface area contributed by atoms with Crippen molar-refractivity contribution in [1.29, 1.82) is 0 Å². The molecule has 1 rings (SSSR count). The zero-order valence-corrected chi connectivity index (χ0v) is 18.3. The maximum atomic E-state index is 11.2. The van der Waals surface area contributed by atoms with Gasteiger partial charge in [0.05, 0.1) is 6.61 Å². The van der Waals surface area contributed by atoms with Crippen LogP contribution in [0.5, 0.6) is 0 Å². The van der Waals surface area contributed by atoms with E-state index in [2.05, 4.69) is 34.4 Å². The summed E-state index contributed by atoms with van der Waals surface area (Å²) in [5.41, 5.74) is 5.37. The van der Waals surface area contributed by atoms with Crippen LogP contribution < -0.4 is 16.4 Å². The third-order valence-corrected chi connectivity index (χ3v) is 4.29. The van der Waals surface area contributed by atoms with Gasteiger partial charge in [-0.15, -0.1) is 24.0 Å². The second-order valence-electron chi connectivity index (χ2n) is 6.49. The molecule has 148 valence electrons. The number of nitrogens with one attached hydrogen (secondary N) is 2. The molecule has 1 heterocycles. The first-order chi connectivity index (χ1) is 11.6. The smallest absolute Gasteiger partial charge is 0.220 e. The molecular formula is C17H36IN5O2. The molecule has 25 heavy (non-hydrogen) atoms. The van der Waals surface area contributed by atoms with E-state index in [0.717, 1.165) is 64.4 Å². The number of guanidine groups is 1. The Morgan fingerprint density at radius 3 is 2.60 bits per heavy atom. The average molecular weight is 469 g/mol. The summed E-state index contributed by atoms with van der Waals surface area (Å²) in [5, 5.41) is 6.59. The average Bonchev–Trinajstić information content (AvgIpc) is 2.55. The Balaban J connectivity index is 0.00000576. The molecule has 0 spiro atoms. The van der Waals surface area contributed by atoms with Crippen LogP contribution in [0.25, 0.3) is 0 Å². The number of ether oxygens (including phenoxy) is 1. The zero-order valence-electron chi connectivity index (χ0n) is 15.9. The number of amides is 1. The minimum Gasteiger partial charge on any atom is -0.383 e. The molecule has 0 bridgehead atoms. The first-order valence-electron chi connectivity index (χ1n) is 9.12. The van der Waals surface area contributed by atoms with Gasteiger partial charge in [0.1, 0.15) is 0 Å². The number of methoxy groups -OCH3 is 1. The van der Waals surface area contributed by atoms with Crippen molar-refractivity contribution in [3.63, 3.8) is 0 Å². The zero-order chi connectivity index (χ0) is 17.8. The van der Waals surface area contributed by atoms with Crippen molar-refractivity contribution in [3.8, 4) is 0 Å². The SMILES string of the molecule is CCNC(=NCCCCN1CCC(C(N)=O)CC1)NC(C)COC.I.